The molecule has 0 aliphatic heterocycles. The summed E-state index contributed by atoms with van der Waals surface area (Å²) in [5, 5.41) is 16.2. The normalized spacial score (nSPS) is 15.4. The first-order valence-electron chi connectivity index (χ1n) is 12.3. The second kappa shape index (κ2) is 12.1. The summed E-state index contributed by atoms with van der Waals surface area (Å²) >= 11 is 0. The highest BCUT2D eigenvalue weighted by atomic mass is 16.6. The lowest BCUT2D eigenvalue weighted by molar-refractivity contribution is -0.144. The summed E-state index contributed by atoms with van der Waals surface area (Å²) in [4.78, 5) is 41.3. The molecular weight excluding hydrogens is 434 g/mol. The fraction of sp³-hybridized carbons (Fsp3) is 0.654. The summed E-state index contributed by atoms with van der Waals surface area (Å²) in [6.45, 7) is 11.5. The van der Waals surface area contributed by atoms with Crippen LogP contribution in [0.2, 0.25) is 0 Å². The molecule has 0 aromatic heterocycles. The minimum Gasteiger partial charge on any atom is -0.508 e. The number of nitrogens with zero attached hydrogens (tertiary/aromatic N) is 1. The molecule has 1 aromatic carbocycles. The molecule has 34 heavy (non-hydrogen) atoms. The standard InChI is InChI=1S/C26H41N3O5/c1-7-8-11-16-27-23(31)22(19-12-9-10-13-20(19)30)29(18-14-15-18)24(32)21(17(2)3)28-25(33)34-26(4,5)6/h9-10,12-13,17-18,21-22,30H,7-8,11,14-16H2,1-6H3,(H,27,31)(H,28,33). The van der Waals surface area contributed by atoms with E-state index in [9.17, 15) is 19.5 Å². The molecular formula is C26H41N3O5. The predicted octanol–water partition coefficient (Wildman–Crippen LogP) is 4.28. The number of hydrogen-bond donors (Lipinski definition) is 3. The molecule has 0 heterocycles. The maximum absolute atomic E-state index is 13.9. The maximum Gasteiger partial charge on any atom is 0.408 e. The highest BCUT2D eigenvalue weighted by molar-refractivity contribution is 5.93. The molecule has 0 spiro atoms. The number of unbranched alkanes of at least 4 members (excludes halogenated alkanes) is 2. The molecule has 2 rings (SSSR count). The largest absolute Gasteiger partial charge is 0.508 e. The van der Waals surface area contributed by atoms with Crippen molar-refractivity contribution in [3.05, 3.63) is 29.8 Å². The monoisotopic (exact) mass is 475 g/mol. The lowest BCUT2D eigenvalue weighted by Crippen LogP contribution is -2.55. The van der Waals surface area contributed by atoms with E-state index in [4.69, 9.17) is 4.74 Å². The van der Waals surface area contributed by atoms with Crippen LogP contribution in [0.25, 0.3) is 0 Å². The molecule has 3 N–H and O–H groups in total. The summed E-state index contributed by atoms with van der Waals surface area (Å²) in [5.41, 5.74) is -0.336. The second-order valence-electron chi connectivity index (χ2n) is 10.3. The fourth-order valence-electron chi connectivity index (χ4n) is 3.80. The van der Waals surface area contributed by atoms with Crippen LogP contribution in [0.3, 0.4) is 0 Å². The number of aromatic hydroxyl groups is 1. The number of nitrogens with one attached hydrogen (secondary N) is 2. The third-order valence-electron chi connectivity index (χ3n) is 5.64. The van der Waals surface area contributed by atoms with E-state index in [0.717, 1.165) is 32.1 Å². The highest BCUT2D eigenvalue weighted by Gasteiger charge is 2.45. The Balaban J connectivity index is 2.37. The Morgan fingerprint density at radius 1 is 1.15 bits per heavy atom. The van der Waals surface area contributed by atoms with Gasteiger partial charge in [0.1, 0.15) is 23.4 Å². The maximum atomic E-state index is 13.9. The van der Waals surface area contributed by atoms with E-state index in [0.29, 0.717) is 12.1 Å². The van der Waals surface area contributed by atoms with E-state index in [2.05, 4.69) is 17.6 Å². The summed E-state index contributed by atoms with van der Waals surface area (Å²) in [6, 6.07) is 4.59. The van der Waals surface area contributed by atoms with Gasteiger partial charge in [0, 0.05) is 18.2 Å². The number of alkyl carbamates (subject to hydrolysis) is 1. The Hall–Kier alpha value is -2.77. The smallest absolute Gasteiger partial charge is 0.408 e. The number of carbonyl (C=O) groups excluding carboxylic acids is 3. The molecule has 1 aliphatic carbocycles. The number of ether oxygens (including phenoxy) is 1. The quantitative estimate of drug-likeness (QED) is 0.414. The van der Waals surface area contributed by atoms with Crippen molar-refractivity contribution < 1.29 is 24.2 Å². The number of phenolic OH excluding ortho intramolecular Hbond substituents is 1. The van der Waals surface area contributed by atoms with Gasteiger partial charge in [0.2, 0.25) is 11.8 Å². The van der Waals surface area contributed by atoms with Gasteiger partial charge in [0.25, 0.3) is 0 Å². The molecule has 3 amide bonds. The average Bonchev–Trinajstić information content (AvgIpc) is 3.57. The molecule has 1 saturated carbocycles. The van der Waals surface area contributed by atoms with Crippen molar-refractivity contribution in [2.75, 3.05) is 6.54 Å². The van der Waals surface area contributed by atoms with Crippen LogP contribution in [0.15, 0.2) is 24.3 Å². The average molecular weight is 476 g/mol. The Bertz CT molecular complexity index is 845. The van der Waals surface area contributed by atoms with Gasteiger partial charge in [-0.15, -0.1) is 0 Å². The third kappa shape index (κ3) is 7.92. The van der Waals surface area contributed by atoms with Crippen molar-refractivity contribution in [3.8, 4) is 5.75 Å². The number of rotatable bonds is 11. The first kappa shape index (κ1) is 27.5. The van der Waals surface area contributed by atoms with Gasteiger partial charge >= 0.3 is 6.09 Å². The van der Waals surface area contributed by atoms with E-state index in [1.165, 1.54) is 6.07 Å². The zero-order valence-corrected chi connectivity index (χ0v) is 21.4. The number of amides is 3. The number of para-hydroxylation sites is 1. The van der Waals surface area contributed by atoms with Crippen molar-refractivity contribution in [2.45, 2.75) is 97.4 Å². The molecule has 0 radical (unpaired) electrons. The lowest BCUT2D eigenvalue weighted by Gasteiger charge is -2.36. The van der Waals surface area contributed by atoms with Crippen LogP contribution in [-0.4, -0.2) is 52.1 Å². The summed E-state index contributed by atoms with van der Waals surface area (Å²) in [5.74, 6) is -0.979. The molecule has 2 atom stereocenters. The molecule has 8 heteroatoms. The van der Waals surface area contributed by atoms with Crippen molar-refractivity contribution >= 4 is 17.9 Å². The summed E-state index contributed by atoms with van der Waals surface area (Å²) in [6.07, 6.45) is 3.69. The van der Waals surface area contributed by atoms with Crippen LogP contribution in [0.5, 0.6) is 5.75 Å². The van der Waals surface area contributed by atoms with E-state index >= 15 is 0 Å². The van der Waals surface area contributed by atoms with E-state index in [1.807, 2.05) is 13.8 Å². The fourth-order valence-corrected chi connectivity index (χ4v) is 3.80. The second-order valence-corrected chi connectivity index (χ2v) is 10.3. The van der Waals surface area contributed by atoms with Crippen LogP contribution in [-0.2, 0) is 14.3 Å². The first-order chi connectivity index (χ1) is 16.0. The molecule has 0 bridgehead atoms. The molecule has 190 valence electrons. The highest BCUT2D eigenvalue weighted by Crippen LogP contribution is 2.38. The van der Waals surface area contributed by atoms with Gasteiger partial charge in [0.05, 0.1) is 0 Å². The number of carbonyl (C=O) groups is 3. The Labute approximate surface area is 203 Å². The SMILES string of the molecule is CCCCCNC(=O)C(c1ccccc1O)N(C(=O)C(NC(=O)OC(C)(C)C)C(C)C)C1CC1. The van der Waals surface area contributed by atoms with E-state index in [-0.39, 0.29) is 29.5 Å². The van der Waals surface area contributed by atoms with Gasteiger partial charge < -0.3 is 25.4 Å². The zero-order valence-electron chi connectivity index (χ0n) is 21.4. The number of benzene rings is 1. The summed E-state index contributed by atoms with van der Waals surface area (Å²) in [7, 11) is 0. The lowest BCUT2D eigenvalue weighted by atomic mass is 9.98. The topological polar surface area (TPSA) is 108 Å². The van der Waals surface area contributed by atoms with Crippen LogP contribution in [0.4, 0.5) is 4.79 Å². The molecule has 1 aliphatic rings. The van der Waals surface area contributed by atoms with Crippen molar-refractivity contribution in [2.24, 2.45) is 5.92 Å². The van der Waals surface area contributed by atoms with Gasteiger partial charge in [-0.2, -0.15) is 0 Å². The molecule has 1 fully saturated rings. The van der Waals surface area contributed by atoms with Crippen LogP contribution in [0, 0.1) is 5.92 Å². The summed E-state index contributed by atoms with van der Waals surface area (Å²) < 4.78 is 5.37. The number of phenols is 1. The predicted molar refractivity (Wildman–Crippen MR) is 131 cm³/mol. The van der Waals surface area contributed by atoms with Gasteiger partial charge in [-0.1, -0.05) is 51.8 Å². The number of hydrogen-bond acceptors (Lipinski definition) is 5. The van der Waals surface area contributed by atoms with Crippen LogP contribution >= 0.6 is 0 Å². The molecule has 8 nitrogen and oxygen atoms in total. The van der Waals surface area contributed by atoms with Gasteiger partial charge in [-0.3, -0.25) is 9.59 Å². The Morgan fingerprint density at radius 3 is 2.32 bits per heavy atom. The zero-order chi connectivity index (χ0) is 25.5. The van der Waals surface area contributed by atoms with E-state index < -0.39 is 23.8 Å². The third-order valence-corrected chi connectivity index (χ3v) is 5.64. The first-order valence-corrected chi connectivity index (χ1v) is 12.3. The van der Waals surface area contributed by atoms with Crippen LogP contribution in [0.1, 0.15) is 85.3 Å². The van der Waals surface area contributed by atoms with Crippen LogP contribution < -0.4 is 10.6 Å². The van der Waals surface area contributed by atoms with Crippen molar-refractivity contribution in [1.29, 1.82) is 0 Å². The Kier molecular flexibility index (Phi) is 9.77. The van der Waals surface area contributed by atoms with Gasteiger partial charge in [-0.05, 0) is 52.0 Å². The van der Waals surface area contributed by atoms with Crippen molar-refractivity contribution in [1.82, 2.24) is 15.5 Å². The molecule has 1 aromatic rings. The van der Waals surface area contributed by atoms with Gasteiger partial charge in [-0.25, -0.2) is 4.79 Å². The van der Waals surface area contributed by atoms with Gasteiger partial charge in [0.15, 0.2) is 0 Å². The minimum absolute atomic E-state index is 0.0455. The van der Waals surface area contributed by atoms with E-state index in [1.54, 1.807) is 43.9 Å². The minimum atomic E-state index is -0.996. The Morgan fingerprint density at radius 2 is 1.79 bits per heavy atom. The molecule has 2 unspecified atom stereocenters. The van der Waals surface area contributed by atoms with Crippen molar-refractivity contribution in [3.63, 3.8) is 0 Å². The molecule has 0 saturated heterocycles.